The maximum absolute atomic E-state index is 13.2. The van der Waals surface area contributed by atoms with Crippen molar-refractivity contribution in [2.24, 2.45) is 0 Å². The number of aromatic nitrogens is 1. The van der Waals surface area contributed by atoms with Crippen molar-refractivity contribution in [3.8, 4) is 11.1 Å². The molecule has 0 radical (unpaired) electrons. The highest BCUT2D eigenvalue weighted by atomic mass is 32.1. The Morgan fingerprint density at radius 3 is 2.56 bits per heavy atom. The maximum Gasteiger partial charge on any atom is 0.416 e. The van der Waals surface area contributed by atoms with Crippen LogP contribution in [0.5, 0.6) is 0 Å². The minimum absolute atomic E-state index is 0.0723. The minimum atomic E-state index is -4.48. The number of nitrogens with zero attached hydrogens (tertiary/aromatic N) is 2. The number of hydrogen-bond acceptors (Lipinski definition) is 6. The molecule has 4 rings (SSSR count). The average molecular weight is 561 g/mol. The Morgan fingerprint density at radius 2 is 1.85 bits per heavy atom. The molecule has 12 heteroatoms. The Labute approximate surface area is 227 Å². The van der Waals surface area contributed by atoms with Crippen molar-refractivity contribution < 1.29 is 32.3 Å². The lowest BCUT2D eigenvalue weighted by atomic mass is 9.98. The van der Waals surface area contributed by atoms with Crippen molar-refractivity contribution in [2.75, 3.05) is 31.6 Å². The molecule has 0 bridgehead atoms. The summed E-state index contributed by atoms with van der Waals surface area (Å²) in [4.78, 5) is 42.9. The molecule has 0 unspecified atom stereocenters. The highest BCUT2D eigenvalue weighted by Gasteiger charge is 2.31. The monoisotopic (exact) mass is 560 g/mol. The van der Waals surface area contributed by atoms with E-state index in [-0.39, 0.29) is 30.8 Å². The molecular weight excluding hydrogens is 533 g/mol. The molecule has 1 aliphatic heterocycles. The van der Waals surface area contributed by atoms with Gasteiger partial charge in [0.05, 0.1) is 17.2 Å². The highest BCUT2D eigenvalue weighted by Crippen LogP contribution is 2.35. The number of benzene rings is 2. The number of thiazole rings is 1. The van der Waals surface area contributed by atoms with Crippen molar-refractivity contribution in [1.82, 2.24) is 15.2 Å². The van der Waals surface area contributed by atoms with Crippen LogP contribution in [0.15, 0.2) is 53.9 Å². The van der Waals surface area contributed by atoms with Crippen molar-refractivity contribution in [3.05, 3.63) is 70.2 Å². The first kappa shape index (κ1) is 28.1. The number of para-hydroxylation sites is 1. The first-order valence-electron chi connectivity index (χ1n) is 12.4. The molecule has 39 heavy (non-hydrogen) atoms. The molecule has 206 valence electrons. The number of nitrogens with one attached hydrogen (secondary N) is 2. The SMILES string of the molecule is CCOC(=O)CNC(=O)N1CCC(c2nc(C(=O)Nc3ccccc3-c3cccc(C(F)(F)F)c3)cs2)CC1. The number of alkyl halides is 3. The number of ether oxygens (including phenoxy) is 1. The van der Waals surface area contributed by atoms with E-state index in [2.05, 4.69) is 15.6 Å². The van der Waals surface area contributed by atoms with Gasteiger partial charge in [-0.3, -0.25) is 9.59 Å². The molecule has 1 fully saturated rings. The van der Waals surface area contributed by atoms with Crippen LogP contribution in [0.2, 0.25) is 0 Å². The maximum atomic E-state index is 13.2. The van der Waals surface area contributed by atoms with Gasteiger partial charge in [-0.15, -0.1) is 11.3 Å². The van der Waals surface area contributed by atoms with Crippen LogP contribution >= 0.6 is 11.3 Å². The van der Waals surface area contributed by atoms with Crippen LogP contribution in [0, 0.1) is 0 Å². The molecule has 3 aromatic rings. The van der Waals surface area contributed by atoms with E-state index in [1.165, 1.54) is 17.4 Å². The fourth-order valence-electron chi connectivity index (χ4n) is 4.27. The fraction of sp³-hybridized carbons (Fsp3) is 0.333. The van der Waals surface area contributed by atoms with Crippen molar-refractivity contribution in [3.63, 3.8) is 0 Å². The number of esters is 1. The van der Waals surface area contributed by atoms with Gasteiger partial charge >= 0.3 is 18.2 Å². The van der Waals surface area contributed by atoms with Gasteiger partial charge in [-0.2, -0.15) is 13.2 Å². The lowest BCUT2D eigenvalue weighted by molar-refractivity contribution is -0.142. The normalized spacial score (nSPS) is 14.1. The van der Waals surface area contributed by atoms with Crippen molar-refractivity contribution >= 4 is 34.9 Å². The number of halogens is 3. The van der Waals surface area contributed by atoms with Gasteiger partial charge in [0.25, 0.3) is 5.91 Å². The second-order valence-corrected chi connectivity index (χ2v) is 9.76. The summed E-state index contributed by atoms with van der Waals surface area (Å²) in [6.07, 6.45) is -3.17. The largest absolute Gasteiger partial charge is 0.465 e. The average Bonchev–Trinajstić information content (AvgIpc) is 3.43. The fourth-order valence-corrected chi connectivity index (χ4v) is 5.25. The van der Waals surface area contributed by atoms with E-state index in [4.69, 9.17) is 4.74 Å². The Hall–Kier alpha value is -3.93. The van der Waals surface area contributed by atoms with Crippen molar-refractivity contribution in [2.45, 2.75) is 31.9 Å². The van der Waals surface area contributed by atoms with E-state index in [1.807, 2.05) is 0 Å². The number of carbonyl (C=O) groups is 3. The first-order chi connectivity index (χ1) is 18.7. The van der Waals surface area contributed by atoms with E-state index in [0.717, 1.165) is 17.1 Å². The van der Waals surface area contributed by atoms with Crippen LogP contribution in [0.3, 0.4) is 0 Å². The molecule has 0 atom stereocenters. The third-order valence-corrected chi connectivity index (χ3v) is 7.26. The second kappa shape index (κ2) is 12.3. The topological polar surface area (TPSA) is 101 Å². The third-order valence-electron chi connectivity index (χ3n) is 6.25. The highest BCUT2D eigenvalue weighted by molar-refractivity contribution is 7.10. The molecule has 1 aliphatic rings. The summed E-state index contributed by atoms with van der Waals surface area (Å²) in [7, 11) is 0. The number of carbonyl (C=O) groups excluding carboxylic acids is 3. The van der Waals surface area contributed by atoms with Crippen LogP contribution in [-0.4, -0.2) is 54.0 Å². The van der Waals surface area contributed by atoms with Gasteiger partial charge in [0.2, 0.25) is 0 Å². The van der Waals surface area contributed by atoms with E-state index < -0.39 is 23.6 Å². The van der Waals surface area contributed by atoms with Crippen LogP contribution < -0.4 is 10.6 Å². The molecule has 0 spiro atoms. The van der Waals surface area contributed by atoms with Crippen LogP contribution in [0.1, 0.15) is 46.7 Å². The zero-order valence-corrected chi connectivity index (χ0v) is 21.9. The van der Waals surface area contributed by atoms with Crippen molar-refractivity contribution in [1.29, 1.82) is 0 Å². The Balaban J connectivity index is 1.37. The summed E-state index contributed by atoms with van der Waals surface area (Å²) in [5.74, 6) is -0.887. The second-order valence-electron chi connectivity index (χ2n) is 8.87. The summed E-state index contributed by atoms with van der Waals surface area (Å²) in [5.41, 5.74) is 0.605. The Kier molecular flexibility index (Phi) is 8.85. The number of urea groups is 1. The van der Waals surface area contributed by atoms with Crippen LogP contribution in [-0.2, 0) is 15.7 Å². The summed E-state index contributed by atoms with van der Waals surface area (Å²) in [6, 6.07) is 11.3. The number of amides is 3. The number of hydrogen-bond donors (Lipinski definition) is 2. The Bertz CT molecular complexity index is 1340. The molecule has 1 aromatic heterocycles. The minimum Gasteiger partial charge on any atom is -0.465 e. The first-order valence-corrected chi connectivity index (χ1v) is 13.3. The van der Waals surface area contributed by atoms with Crippen LogP contribution in [0.4, 0.5) is 23.7 Å². The molecule has 0 aliphatic carbocycles. The third kappa shape index (κ3) is 7.14. The summed E-state index contributed by atoms with van der Waals surface area (Å²) < 4.78 is 44.4. The predicted molar refractivity (Wildman–Crippen MR) is 141 cm³/mol. The lowest BCUT2D eigenvalue weighted by Crippen LogP contribution is -2.45. The molecule has 2 heterocycles. The quantitative estimate of drug-likeness (QED) is 0.370. The molecule has 3 amide bonds. The van der Waals surface area contributed by atoms with E-state index in [1.54, 1.807) is 47.5 Å². The number of likely N-dealkylation sites (tertiary alicyclic amines) is 1. The Morgan fingerprint density at radius 1 is 1.10 bits per heavy atom. The van der Waals surface area contributed by atoms with Gasteiger partial charge < -0.3 is 20.3 Å². The standard InChI is InChI=1S/C27H27F3N4O4S/c1-2-38-23(35)15-31-26(37)34-12-10-17(11-13-34)25-33-22(16-39-25)24(36)32-21-9-4-3-8-20(21)18-6-5-7-19(14-18)27(28,29)30/h3-9,14,16-17H,2,10-13,15H2,1H3,(H,31,37)(H,32,36). The van der Waals surface area contributed by atoms with Gasteiger partial charge in [0, 0.05) is 35.6 Å². The number of piperidine rings is 1. The molecule has 2 N–H and O–H groups in total. The molecule has 8 nitrogen and oxygen atoms in total. The van der Waals surface area contributed by atoms with E-state index >= 15 is 0 Å². The van der Waals surface area contributed by atoms with Gasteiger partial charge in [0.15, 0.2) is 0 Å². The van der Waals surface area contributed by atoms with Gasteiger partial charge in [-0.25, -0.2) is 9.78 Å². The van der Waals surface area contributed by atoms with Gasteiger partial charge in [0.1, 0.15) is 12.2 Å². The van der Waals surface area contributed by atoms with E-state index in [9.17, 15) is 27.6 Å². The molecule has 1 saturated heterocycles. The predicted octanol–water partition coefficient (Wildman–Crippen LogP) is 5.53. The number of rotatable bonds is 7. The van der Waals surface area contributed by atoms with Gasteiger partial charge in [-0.05, 0) is 43.5 Å². The van der Waals surface area contributed by atoms with Crippen LogP contribution in [0.25, 0.3) is 11.1 Å². The number of anilines is 1. The molecule has 2 aromatic carbocycles. The smallest absolute Gasteiger partial charge is 0.416 e. The molecule has 0 saturated carbocycles. The zero-order valence-electron chi connectivity index (χ0n) is 21.1. The molecular formula is C27H27F3N4O4S. The van der Waals surface area contributed by atoms with Gasteiger partial charge in [-0.1, -0.05) is 30.3 Å². The summed E-state index contributed by atoms with van der Waals surface area (Å²) in [6.45, 7) is 2.71. The van der Waals surface area contributed by atoms with E-state index in [0.29, 0.717) is 42.7 Å². The summed E-state index contributed by atoms with van der Waals surface area (Å²) >= 11 is 1.35. The zero-order chi connectivity index (χ0) is 28.0. The lowest BCUT2D eigenvalue weighted by Gasteiger charge is -2.31. The summed E-state index contributed by atoms with van der Waals surface area (Å²) in [5, 5.41) is 7.75.